The number of hydrogen-bond donors (Lipinski definition) is 1. The second kappa shape index (κ2) is 5.86. The molecule has 0 aliphatic rings. The summed E-state index contributed by atoms with van der Waals surface area (Å²) in [7, 11) is 0. The van der Waals surface area contributed by atoms with Crippen LogP contribution in [0, 0.1) is 0 Å². The van der Waals surface area contributed by atoms with Gasteiger partial charge in [-0.25, -0.2) is 14.6 Å². The van der Waals surface area contributed by atoms with E-state index in [0.717, 1.165) is 16.1 Å². The molecule has 0 saturated carbocycles. The molecule has 0 aliphatic carbocycles. The first-order chi connectivity index (χ1) is 11.7. The van der Waals surface area contributed by atoms with Gasteiger partial charge in [-0.3, -0.25) is 4.79 Å². The van der Waals surface area contributed by atoms with Gasteiger partial charge < -0.3 is 5.73 Å². The van der Waals surface area contributed by atoms with Crippen LogP contribution in [0.5, 0.6) is 0 Å². The summed E-state index contributed by atoms with van der Waals surface area (Å²) in [5.74, 6) is 0.509. The molecule has 24 heavy (non-hydrogen) atoms. The quantitative estimate of drug-likeness (QED) is 0.580. The molecule has 3 aromatic heterocycles. The minimum absolute atomic E-state index is 0.110. The molecule has 6 nitrogen and oxygen atoms in total. The predicted molar refractivity (Wildman–Crippen MR) is 93.4 cm³/mol. The number of nitrogen functional groups attached to an aromatic ring is 1. The third kappa shape index (κ3) is 2.55. The maximum absolute atomic E-state index is 12.3. The molecule has 0 spiro atoms. The van der Waals surface area contributed by atoms with E-state index in [0.29, 0.717) is 23.3 Å². The maximum Gasteiger partial charge on any atom is 0.177 e. The normalized spacial score (nSPS) is 11.0. The number of benzene rings is 1. The van der Waals surface area contributed by atoms with Crippen molar-refractivity contribution in [1.29, 1.82) is 0 Å². The number of nitrogens with zero attached hydrogens (tertiary/aromatic N) is 4. The van der Waals surface area contributed by atoms with Crippen molar-refractivity contribution in [3.8, 4) is 5.69 Å². The van der Waals surface area contributed by atoms with Crippen LogP contribution in [-0.2, 0) is 6.42 Å². The van der Waals surface area contributed by atoms with Crippen molar-refractivity contribution in [2.24, 2.45) is 0 Å². The van der Waals surface area contributed by atoms with Crippen LogP contribution in [0.3, 0.4) is 0 Å². The number of carbonyl (C=O) groups excluding carboxylic acids is 1. The highest BCUT2D eigenvalue weighted by molar-refractivity contribution is 7.12. The molecular weight excluding hydrogens is 322 g/mol. The first-order valence-electron chi connectivity index (χ1n) is 7.32. The Morgan fingerprint density at radius 1 is 1.21 bits per heavy atom. The number of carbonyl (C=O) groups is 1. The van der Waals surface area contributed by atoms with Gasteiger partial charge in [0.25, 0.3) is 0 Å². The first-order valence-corrected chi connectivity index (χ1v) is 8.20. The van der Waals surface area contributed by atoms with Crippen LogP contribution >= 0.6 is 11.3 Å². The van der Waals surface area contributed by atoms with Crippen molar-refractivity contribution in [2.75, 3.05) is 5.73 Å². The number of anilines is 1. The van der Waals surface area contributed by atoms with Crippen LogP contribution in [0.2, 0.25) is 0 Å². The van der Waals surface area contributed by atoms with Gasteiger partial charge >= 0.3 is 0 Å². The fourth-order valence-electron chi connectivity index (χ4n) is 2.56. The van der Waals surface area contributed by atoms with E-state index < -0.39 is 0 Å². The third-order valence-corrected chi connectivity index (χ3v) is 4.62. The summed E-state index contributed by atoms with van der Waals surface area (Å²) in [5.41, 5.74) is 8.25. The Labute approximate surface area is 141 Å². The van der Waals surface area contributed by atoms with E-state index >= 15 is 0 Å². The summed E-state index contributed by atoms with van der Waals surface area (Å²) in [4.78, 5) is 21.3. The molecule has 118 valence electrons. The van der Waals surface area contributed by atoms with E-state index in [1.807, 2.05) is 41.8 Å². The summed E-state index contributed by atoms with van der Waals surface area (Å²) in [6.45, 7) is 0. The number of Topliss-reactive ketones (excluding diaryl/α,β-unsaturated/α-hetero) is 1. The lowest BCUT2D eigenvalue weighted by atomic mass is 10.1. The second-order valence-corrected chi connectivity index (χ2v) is 6.25. The summed E-state index contributed by atoms with van der Waals surface area (Å²) in [5, 5.41) is 6.96. The summed E-state index contributed by atoms with van der Waals surface area (Å²) < 4.78 is 1.70. The Hall–Kier alpha value is -3.06. The molecule has 3 heterocycles. The highest BCUT2D eigenvalue weighted by atomic mass is 32.1. The van der Waals surface area contributed by atoms with Crippen molar-refractivity contribution in [3.63, 3.8) is 0 Å². The number of fused-ring (bicyclic) bond motifs is 1. The molecule has 0 aliphatic heterocycles. The fourth-order valence-corrected chi connectivity index (χ4v) is 3.22. The van der Waals surface area contributed by atoms with Crippen molar-refractivity contribution in [1.82, 2.24) is 19.7 Å². The standard InChI is InChI=1S/C17H13N5OS/c18-16-13-9-21-22(17(13)20-10-19-16)12-4-1-3-11(7-12)8-14(23)15-5-2-6-24-15/h1-7,9-10H,8H2,(H2,18,19,20). The summed E-state index contributed by atoms with van der Waals surface area (Å²) >= 11 is 1.46. The zero-order chi connectivity index (χ0) is 16.5. The van der Waals surface area contributed by atoms with Gasteiger partial charge in [0, 0.05) is 6.42 Å². The highest BCUT2D eigenvalue weighted by Gasteiger charge is 2.12. The van der Waals surface area contributed by atoms with E-state index in [4.69, 9.17) is 5.73 Å². The van der Waals surface area contributed by atoms with Crippen molar-refractivity contribution >= 4 is 34.0 Å². The van der Waals surface area contributed by atoms with E-state index in [-0.39, 0.29) is 5.78 Å². The predicted octanol–water partition coefficient (Wildman–Crippen LogP) is 2.88. The van der Waals surface area contributed by atoms with Crippen LogP contribution in [0.4, 0.5) is 5.82 Å². The van der Waals surface area contributed by atoms with Crippen LogP contribution in [0.15, 0.2) is 54.3 Å². The van der Waals surface area contributed by atoms with Crippen LogP contribution in [0.25, 0.3) is 16.7 Å². The van der Waals surface area contributed by atoms with Crippen LogP contribution in [-0.4, -0.2) is 25.5 Å². The van der Waals surface area contributed by atoms with Gasteiger partial charge in [0.2, 0.25) is 0 Å². The number of ketones is 1. The third-order valence-electron chi connectivity index (χ3n) is 3.71. The molecular formula is C17H13N5OS. The van der Waals surface area contributed by atoms with Gasteiger partial charge in [0.05, 0.1) is 22.1 Å². The van der Waals surface area contributed by atoms with Crippen molar-refractivity contribution in [3.05, 3.63) is 64.7 Å². The molecule has 0 radical (unpaired) electrons. The van der Waals surface area contributed by atoms with E-state index in [1.54, 1.807) is 10.9 Å². The number of rotatable bonds is 4. The Balaban J connectivity index is 1.69. The number of hydrogen-bond acceptors (Lipinski definition) is 6. The Kier molecular flexibility index (Phi) is 3.55. The first kappa shape index (κ1) is 14.5. The molecule has 0 saturated heterocycles. The lowest BCUT2D eigenvalue weighted by Gasteiger charge is -2.06. The number of nitrogens with two attached hydrogens (primary N) is 1. The average molecular weight is 335 g/mol. The second-order valence-electron chi connectivity index (χ2n) is 5.30. The number of thiophene rings is 1. The van der Waals surface area contributed by atoms with E-state index in [1.165, 1.54) is 17.7 Å². The van der Waals surface area contributed by atoms with Crippen LogP contribution in [0.1, 0.15) is 15.2 Å². The van der Waals surface area contributed by atoms with Crippen LogP contribution < -0.4 is 5.73 Å². The Morgan fingerprint density at radius 3 is 2.96 bits per heavy atom. The average Bonchev–Trinajstić information content (AvgIpc) is 3.26. The molecule has 0 bridgehead atoms. The molecule has 0 amide bonds. The lowest BCUT2D eigenvalue weighted by molar-refractivity contribution is 0.0997. The van der Waals surface area contributed by atoms with Crippen molar-refractivity contribution < 1.29 is 4.79 Å². The smallest absolute Gasteiger partial charge is 0.177 e. The Bertz CT molecular complexity index is 1020. The molecule has 0 unspecified atom stereocenters. The summed E-state index contributed by atoms with van der Waals surface area (Å²) in [6, 6.07) is 11.4. The lowest BCUT2D eigenvalue weighted by Crippen LogP contribution is -2.03. The molecule has 0 fully saturated rings. The monoisotopic (exact) mass is 335 g/mol. The molecule has 4 aromatic rings. The van der Waals surface area contributed by atoms with Gasteiger partial charge in [-0.2, -0.15) is 5.10 Å². The van der Waals surface area contributed by atoms with E-state index in [9.17, 15) is 4.79 Å². The summed E-state index contributed by atoms with van der Waals surface area (Å²) in [6.07, 6.45) is 3.42. The SMILES string of the molecule is Nc1ncnc2c1cnn2-c1cccc(CC(=O)c2cccs2)c1. The van der Waals surface area contributed by atoms with Gasteiger partial charge in [-0.15, -0.1) is 11.3 Å². The highest BCUT2D eigenvalue weighted by Crippen LogP contribution is 2.21. The van der Waals surface area contributed by atoms with Gasteiger partial charge in [-0.1, -0.05) is 18.2 Å². The number of aromatic nitrogens is 4. The molecule has 7 heteroatoms. The van der Waals surface area contributed by atoms with Gasteiger partial charge in [0.1, 0.15) is 12.1 Å². The molecule has 4 rings (SSSR count). The molecule has 0 atom stereocenters. The van der Waals surface area contributed by atoms with Gasteiger partial charge in [-0.05, 0) is 29.1 Å². The minimum atomic E-state index is 0.110. The molecule has 1 aromatic carbocycles. The van der Waals surface area contributed by atoms with E-state index in [2.05, 4.69) is 15.1 Å². The van der Waals surface area contributed by atoms with Gasteiger partial charge in [0.15, 0.2) is 11.4 Å². The topological polar surface area (TPSA) is 86.7 Å². The zero-order valence-corrected chi connectivity index (χ0v) is 13.4. The fraction of sp³-hybridized carbons (Fsp3) is 0.0588. The zero-order valence-electron chi connectivity index (χ0n) is 12.6. The molecule has 2 N–H and O–H groups in total. The largest absolute Gasteiger partial charge is 0.383 e. The Morgan fingerprint density at radius 2 is 2.12 bits per heavy atom. The minimum Gasteiger partial charge on any atom is -0.383 e. The van der Waals surface area contributed by atoms with Crippen molar-refractivity contribution in [2.45, 2.75) is 6.42 Å². The maximum atomic E-state index is 12.3.